The largest absolute Gasteiger partial charge is 0.756 e. The number of quaternary nitrogens is 1. The zero-order chi connectivity index (χ0) is 44.3. The fourth-order valence-electron chi connectivity index (χ4n) is 7.60. The summed E-state index contributed by atoms with van der Waals surface area (Å²) in [5.74, 6) is -0.167. The Morgan fingerprint density at radius 3 is 1.38 bits per heavy atom. The summed E-state index contributed by atoms with van der Waals surface area (Å²) in [5, 5.41) is 14.0. The Morgan fingerprint density at radius 2 is 0.967 bits per heavy atom. The van der Waals surface area contributed by atoms with Crippen LogP contribution >= 0.6 is 7.82 Å². The summed E-state index contributed by atoms with van der Waals surface area (Å²) in [4.78, 5) is 25.4. The molecule has 0 aromatic heterocycles. The molecule has 1 amide bonds. The zero-order valence-electron chi connectivity index (χ0n) is 40.4. The summed E-state index contributed by atoms with van der Waals surface area (Å²) in [6.45, 7) is 4.73. The Balaban J connectivity index is 4.26. The van der Waals surface area contributed by atoms with Crippen LogP contribution in [0.5, 0.6) is 0 Å². The third-order valence-corrected chi connectivity index (χ3v) is 12.7. The second-order valence-electron chi connectivity index (χ2n) is 18.9. The number of likely N-dealkylation sites (N-methyl/N-ethyl adjacent to an activating group) is 1. The van der Waals surface area contributed by atoms with Crippen LogP contribution in [0.15, 0.2) is 24.3 Å². The van der Waals surface area contributed by atoms with Crippen molar-refractivity contribution in [2.75, 3.05) is 40.9 Å². The predicted octanol–water partition coefficient (Wildman–Crippen LogP) is 14.2. The van der Waals surface area contributed by atoms with Crippen LogP contribution in [0.3, 0.4) is 0 Å². The van der Waals surface area contributed by atoms with Gasteiger partial charge < -0.3 is 28.8 Å². The van der Waals surface area contributed by atoms with E-state index in [-0.39, 0.29) is 19.1 Å². The molecule has 0 fully saturated rings. The second-order valence-corrected chi connectivity index (χ2v) is 20.3. The van der Waals surface area contributed by atoms with E-state index in [0.717, 1.165) is 44.9 Å². The Kier molecular flexibility index (Phi) is 42.5. The van der Waals surface area contributed by atoms with Gasteiger partial charge in [-0.1, -0.05) is 218 Å². The smallest absolute Gasteiger partial charge is 0.268 e. The molecule has 0 saturated heterocycles. The lowest BCUT2D eigenvalue weighted by Gasteiger charge is -2.30. The topological polar surface area (TPSA) is 108 Å². The molecule has 0 bridgehead atoms. The van der Waals surface area contributed by atoms with Gasteiger partial charge in [0.25, 0.3) is 7.82 Å². The maximum Gasteiger partial charge on any atom is 0.268 e. The molecule has 60 heavy (non-hydrogen) atoms. The minimum atomic E-state index is -4.57. The third kappa shape index (κ3) is 45.0. The predicted molar refractivity (Wildman–Crippen MR) is 256 cm³/mol. The van der Waals surface area contributed by atoms with Crippen molar-refractivity contribution in [3.63, 3.8) is 0 Å². The Labute approximate surface area is 373 Å². The lowest BCUT2D eigenvalue weighted by Crippen LogP contribution is -2.46. The van der Waals surface area contributed by atoms with Crippen molar-refractivity contribution < 1.29 is 32.9 Å². The van der Waals surface area contributed by atoms with Crippen LogP contribution < -0.4 is 10.2 Å². The van der Waals surface area contributed by atoms with Crippen LogP contribution in [0.1, 0.15) is 245 Å². The van der Waals surface area contributed by atoms with E-state index in [1.165, 1.54) is 173 Å². The molecule has 0 aliphatic carbocycles. The monoisotopic (exact) mass is 869 g/mol. The van der Waals surface area contributed by atoms with Gasteiger partial charge in [-0.05, 0) is 44.9 Å². The van der Waals surface area contributed by atoms with E-state index in [9.17, 15) is 19.4 Å². The van der Waals surface area contributed by atoms with Crippen molar-refractivity contribution in [3.8, 4) is 0 Å². The Hall–Kier alpha value is -1.02. The molecule has 9 heteroatoms. The van der Waals surface area contributed by atoms with Crippen molar-refractivity contribution in [3.05, 3.63) is 24.3 Å². The van der Waals surface area contributed by atoms with Gasteiger partial charge in [0.15, 0.2) is 0 Å². The quantitative estimate of drug-likeness (QED) is 0.0273. The standard InChI is InChI=1S/C51H101N2O6P/c1-6-8-10-12-14-16-18-20-22-24-25-26-27-29-31-33-35-37-39-41-43-45-51(55)52-49(48-59-60(56,57)58-47-46-53(3,4)5)50(54)44-42-40-38-36-34-32-30-28-23-21-19-17-15-13-11-9-7-2/h18,20,24-25,49-50,54H,6-17,19,21-23,26-48H2,1-5H3,(H-,52,55,56,57)/b20-18-,25-24-. The van der Waals surface area contributed by atoms with Gasteiger partial charge in [-0.15, -0.1) is 0 Å². The van der Waals surface area contributed by atoms with Gasteiger partial charge in [-0.25, -0.2) is 0 Å². The Bertz CT molecular complexity index is 1030. The number of unbranched alkanes of at least 4 members (excludes halogenated alkanes) is 30. The van der Waals surface area contributed by atoms with E-state index >= 15 is 0 Å². The average Bonchev–Trinajstić information content (AvgIpc) is 3.20. The average molecular weight is 869 g/mol. The molecule has 0 aromatic carbocycles. The van der Waals surface area contributed by atoms with Gasteiger partial charge in [-0.2, -0.15) is 0 Å². The highest BCUT2D eigenvalue weighted by Crippen LogP contribution is 2.38. The molecule has 3 atom stereocenters. The minimum Gasteiger partial charge on any atom is -0.756 e. The second kappa shape index (κ2) is 43.2. The molecule has 0 spiro atoms. The number of amides is 1. The van der Waals surface area contributed by atoms with Crippen molar-refractivity contribution >= 4 is 13.7 Å². The molecule has 2 N–H and O–H groups in total. The first-order valence-electron chi connectivity index (χ1n) is 25.7. The maximum atomic E-state index is 12.9. The highest BCUT2D eigenvalue weighted by molar-refractivity contribution is 7.45. The molecule has 0 aromatic rings. The summed E-state index contributed by atoms with van der Waals surface area (Å²) in [6, 6.07) is -0.801. The van der Waals surface area contributed by atoms with E-state index in [1.54, 1.807) is 0 Å². The van der Waals surface area contributed by atoms with Gasteiger partial charge >= 0.3 is 0 Å². The number of phosphoric ester groups is 1. The summed E-state index contributed by atoms with van der Waals surface area (Å²) in [5.41, 5.74) is 0. The SMILES string of the molecule is CCCCCCC/C=C\C/C=C\CCCCCCCCCCCC(=O)NC(COP(=O)([O-])OCC[N+](C)(C)C)C(O)CCCCCCCCCCCCCCCCCCC. The van der Waals surface area contributed by atoms with Crippen molar-refractivity contribution in [1.82, 2.24) is 5.32 Å². The lowest BCUT2D eigenvalue weighted by atomic mass is 10.0. The van der Waals surface area contributed by atoms with Crippen molar-refractivity contribution in [2.45, 2.75) is 257 Å². The number of nitrogens with zero attached hydrogens (tertiary/aromatic N) is 1. The fourth-order valence-corrected chi connectivity index (χ4v) is 8.32. The van der Waals surface area contributed by atoms with E-state index in [2.05, 4.69) is 43.5 Å². The van der Waals surface area contributed by atoms with Gasteiger partial charge in [0.05, 0.1) is 39.9 Å². The summed E-state index contributed by atoms with van der Waals surface area (Å²) < 4.78 is 23.4. The fraction of sp³-hybridized carbons (Fsp3) is 0.902. The maximum absolute atomic E-state index is 12.9. The molecule has 0 aliphatic heterocycles. The first-order chi connectivity index (χ1) is 29.0. The van der Waals surface area contributed by atoms with E-state index in [4.69, 9.17) is 9.05 Å². The number of allylic oxidation sites excluding steroid dienone is 4. The molecule has 0 rings (SSSR count). The molecule has 3 unspecified atom stereocenters. The minimum absolute atomic E-state index is 0.0123. The number of hydrogen-bond acceptors (Lipinski definition) is 6. The highest BCUT2D eigenvalue weighted by atomic mass is 31.2. The van der Waals surface area contributed by atoms with Crippen LogP contribution in [-0.4, -0.2) is 68.5 Å². The first kappa shape index (κ1) is 59.0. The van der Waals surface area contributed by atoms with E-state index in [0.29, 0.717) is 23.9 Å². The molecular weight excluding hydrogens is 768 g/mol. The molecule has 8 nitrogen and oxygen atoms in total. The first-order valence-corrected chi connectivity index (χ1v) is 27.1. The molecule has 0 radical (unpaired) electrons. The number of nitrogens with one attached hydrogen (secondary N) is 1. The van der Waals surface area contributed by atoms with Crippen LogP contribution in [-0.2, 0) is 18.4 Å². The summed E-state index contributed by atoms with van der Waals surface area (Å²) in [7, 11) is 1.31. The van der Waals surface area contributed by atoms with E-state index in [1.807, 2.05) is 21.1 Å². The van der Waals surface area contributed by atoms with Gasteiger partial charge in [0.1, 0.15) is 13.2 Å². The van der Waals surface area contributed by atoms with Crippen LogP contribution in [0, 0.1) is 0 Å². The number of rotatable bonds is 47. The summed E-state index contributed by atoms with van der Waals surface area (Å²) >= 11 is 0. The number of carbonyl (C=O) groups is 1. The molecule has 0 heterocycles. The van der Waals surface area contributed by atoms with Gasteiger partial charge in [0.2, 0.25) is 5.91 Å². The van der Waals surface area contributed by atoms with Gasteiger partial charge in [0, 0.05) is 6.42 Å². The Morgan fingerprint density at radius 1 is 0.583 bits per heavy atom. The molecule has 0 aliphatic rings. The van der Waals surface area contributed by atoms with E-state index < -0.39 is 20.0 Å². The molecular formula is C51H101N2O6P. The third-order valence-electron chi connectivity index (χ3n) is 11.7. The number of hydrogen-bond donors (Lipinski definition) is 2. The van der Waals surface area contributed by atoms with Gasteiger partial charge in [-0.3, -0.25) is 9.36 Å². The number of carbonyl (C=O) groups excluding carboxylic acids is 1. The molecule has 0 saturated carbocycles. The van der Waals surface area contributed by atoms with Crippen LogP contribution in [0.25, 0.3) is 0 Å². The van der Waals surface area contributed by atoms with Crippen molar-refractivity contribution in [1.29, 1.82) is 0 Å². The van der Waals surface area contributed by atoms with Crippen LogP contribution in [0.4, 0.5) is 0 Å². The van der Waals surface area contributed by atoms with Crippen molar-refractivity contribution in [2.24, 2.45) is 0 Å². The normalized spacial score (nSPS) is 14.3. The lowest BCUT2D eigenvalue weighted by molar-refractivity contribution is -0.870. The van der Waals surface area contributed by atoms with Crippen LogP contribution in [0.2, 0.25) is 0 Å². The number of aliphatic hydroxyl groups is 1. The number of aliphatic hydroxyl groups excluding tert-OH is 1. The molecule has 356 valence electrons. The highest BCUT2D eigenvalue weighted by Gasteiger charge is 2.24. The zero-order valence-corrected chi connectivity index (χ0v) is 41.3. The summed E-state index contributed by atoms with van der Waals surface area (Å²) in [6.07, 6.45) is 51.8. The number of phosphoric acid groups is 1.